The Hall–Kier alpha value is -3.41. The van der Waals surface area contributed by atoms with Gasteiger partial charge in [-0.05, 0) is 24.5 Å². The van der Waals surface area contributed by atoms with Gasteiger partial charge in [0.2, 0.25) is 0 Å². The third-order valence-corrected chi connectivity index (χ3v) is 6.39. The zero-order chi connectivity index (χ0) is 23.3. The quantitative estimate of drug-likeness (QED) is 0.499. The van der Waals surface area contributed by atoms with Crippen molar-refractivity contribution >= 4 is 18.0 Å². The van der Waals surface area contributed by atoms with Crippen LogP contribution in [0.3, 0.4) is 0 Å². The van der Waals surface area contributed by atoms with Gasteiger partial charge in [0.1, 0.15) is 18.0 Å². The maximum Gasteiger partial charge on any atom is 0.410 e. The lowest BCUT2D eigenvalue weighted by Gasteiger charge is -2.52. The van der Waals surface area contributed by atoms with Gasteiger partial charge >= 0.3 is 12.1 Å². The van der Waals surface area contributed by atoms with Crippen molar-refractivity contribution in [2.75, 3.05) is 26.2 Å². The van der Waals surface area contributed by atoms with Crippen LogP contribution in [0.15, 0.2) is 66.2 Å². The van der Waals surface area contributed by atoms with Crippen LogP contribution in [-0.2, 0) is 32.2 Å². The van der Waals surface area contributed by atoms with Crippen LogP contribution < -0.4 is 0 Å². The SMILES string of the molecule is CCOC(=O)C12CCN(C(=O)OCc3ccccc3)C(CN(Cc3ccccc3)C1)C2=C=O. The second kappa shape index (κ2) is 10.0. The van der Waals surface area contributed by atoms with Crippen LogP contribution in [0, 0.1) is 5.41 Å². The highest BCUT2D eigenvalue weighted by molar-refractivity contribution is 5.87. The molecule has 172 valence electrons. The predicted octanol–water partition coefficient (Wildman–Crippen LogP) is 3.22. The number of esters is 1. The molecule has 33 heavy (non-hydrogen) atoms. The fourth-order valence-electron chi connectivity index (χ4n) is 4.82. The number of amides is 1. The summed E-state index contributed by atoms with van der Waals surface area (Å²) >= 11 is 0. The van der Waals surface area contributed by atoms with E-state index in [9.17, 15) is 14.4 Å². The first-order valence-electron chi connectivity index (χ1n) is 11.2. The number of piperidine rings is 2. The molecule has 1 amide bonds. The molecule has 2 atom stereocenters. The molecule has 7 heteroatoms. The highest BCUT2D eigenvalue weighted by Gasteiger charge is 2.57. The number of ether oxygens (including phenoxy) is 2. The van der Waals surface area contributed by atoms with Crippen LogP contribution >= 0.6 is 0 Å². The molecule has 2 bridgehead atoms. The molecule has 0 aliphatic carbocycles. The number of hydrogen-bond acceptors (Lipinski definition) is 6. The molecule has 7 nitrogen and oxygen atoms in total. The standard InChI is InChI=1S/C26H28N2O5/c1-2-32-24(30)26-13-14-28(25(31)33-18-21-11-7-4-8-12-21)23(22(26)17-29)16-27(19-26)15-20-9-5-3-6-10-20/h3-12,23H,2,13-16,18-19H2,1H3. The van der Waals surface area contributed by atoms with Crippen LogP contribution in [0.2, 0.25) is 0 Å². The Bertz CT molecular complexity index is 1040. The Kier molecular flexibility index (Phi) is 6.92. The van der Waals surface area contributed by atoms with Gasteiger partial charge in [0.15, 0.2) is 0 Å². The summed E-state index contributed by atoms with van der Waals surface area (Å²) in [4.78, 5) is 41.9. The van der Waals surface area contributed by atoms with E-state index in [1.807, 2.05) is 66.6 Å². The molecule has 0 saturated carbocycles. The van der Waals surface area contributed by atoms with Gasteiger partial charge in [0.05, 0.1) is 18.2 Å². The second-order valence-corrected chi connectivity index (χ2v) is 8.47. The predicted molar refractivity (Wildman–Crippen MR) is 122 cm³/mol. The van der Waals surface area contributed by atoms with E-state index in [2.05, 4.69) is 4.90 Å². The average molecular weight is 449 g/mol. The lowest BCUT2D eigenvalue weighted by molar-refractivity contribution is -0.159. The van der Waals surface area contributed by atoms with Gasteiger partial charge in [0, 0.05) is 26.2 Å². The first-order chi connectivity index (χ1) is 16.1. The van der Waals surface area contributed by atoms with E-state index in [-0.39, 0.29) is 18.8 Å². The molecule has 0 spiro atoms. The molecule has 2 unspecified atom stereocenters. The van der Waals surface area contributed by atoms with Gasteiger partial charge < -0.3 is 9.47 Å². The zero-order valence-corrected chi connectivity index (χ0v) is 18.7. The molecule has 2 aromatic carbocycles. The van der Waals surface area contributed by atoms with Crippen molar-refractivity contribution in [2.24, 2.45) is 5.41 Å². The van der Waals surface area contributed by atoms with E-state index in [0.29, 0.717) is 32.6 Å². The monoisotopic (exact) mass is 448 g/mol. The van der Waals surface area contributed by atoms with E-state index < -0.39 is 23.5 Å². The van der Waals surface area contributed by atoms with E-state index in [0.717, 1.165) is 11.1 Å². The molecule has 0 aromatic heterocycles. The van der Waals surface area contributed by atoms with Crippen molar-refractivity contribution in [1.29, 1.82) is 0 Å². The lowest BCUT2D eigenvalue weighted by Crippen LogP contribution is -2.65. The topological polar surface area (TPSA) is 76.2 Å². The molecule has 2 saturated heterocycles. The number of carbonyl (C=O) groups excluding carboxylic acids is 3. The van der Waals surface area contributed by atoms with Crippen LogP contribution in [0.4, 0.5) is 4.79 Å². The fraction of sp³-hybridized carbons (Fsp3) is 0.385. The maximum absolute atomic E-state index is 13.1. The van der Waals surface area contributed by atoms with Gasteiger partial charge in [-0.25, -0.2) is 9.59 Å². The molecule has 4 rings (SSSR count). The van der Waals surface area contributed by atoms with Gasteiger partial charge in [-0.1, -0.05) is 60.7 Å². The first kappa shape index (κ1) is 22.8. The van der Waals surface area contributed by atoms with Crippen LogP contribution in [0.1, 0.15) is 24.5 Å². The van der Waals surface area contributed by atoms with Gasteiger partial charge in [0.25, 0.3) is 0 Å². The van der Waals surface area contributed by atoms with Gasteiger partial charge in [-0.3, -0.25) is 14.6 Å². The number of nitrogens with zero attached hydrogens (tertiary/aromatic N) is 2. The Labute approximate surface area is 193 Å². The summed E-state index contributed by atoms with van der Waals surface area (Å²) in [5.41, 5.74) is 1.15. The Balaban J connectivity index is 1.59. The lowest BCUT2D eigenvalue weighted by atomic mass is 9.68. The Morgan fingerprint density at radius 1 is 1.03 bits per heavy atom. The number of carbonyl (C=O) groups is 2. The summed E-state index contributed by atoms with van der Waals surface area (Å²) in [6, 6.07) is 18.7. The number of fused-ring (bicyclic) bond motifs is 2. The maximum atomic E-state index is 13.1. The summed E-state index contributed by atoms with van der Waals surface area (Å²) in [5.74, 6) is 1.59. The summed E-state index contributed by atoms with van der Waals surface area (Å²) < 4.78 is 10.9. The Morgan fingerprint density at radius 3 is 2.33 bits per heavy atom. The van der Waals surface area contributed by atoms with Crippen molar-refractivity contribution in [2.45, 2.75) is 32.5 Å². The van der Waals surface area contributed by atoms with Crippen LogP contribution in [0.25, 0.3) is 0 Å². The van der Waals surface area contributed by atoms with Gasteiger partial charge in [-0.2, -0.15) is 0 Å². The molecule has 2 aliphatic rings. The molecule has 2 aromatic rings. The van der Waals surface area contributed by atoms with Crippen molar-refractivity contribution in [3.05, 3.63) is 77.4 Å². The fourth-order valence-corrected chi connectivity index (χ4v) is 4.82. The minimum Gasteiger partial charge on any atom is -0.465 e. The van der Waals surface area contributed by atoms with Crippen molar-refractivity contribution < 1.29 is 23.9 Å². The molecular weight excluding hydrogens is 420 g/mol. The van der Waals surface area contributed by atoms with Crippen molar-refractivity contribution in [3.8, 4) is 0 Å². The summed E-state index contributed by atoms with van der Waals surface area (Å²) in [6.45, 7) is 3.78. The zero-order valence-electron chi connectivity index (χ0n) is 18.7. The highest BCUT2D eigenvalue weighted by atomic mass is 16.6. The van der Waals surface area contributed by atoms with E-state index in [4.69, 9.17) is 9.47 Å². The summed E-state index contributed by atoms with van der Waals surface area (Å²) in [6.07, 6.45) is -0.214. The van der Waals surface area contributed by atoms with E-state index in [1.54, 1.807) is 11.8 Å². The third kappa shape index (κ3) is 4.70. The highest BCUT2D eigenvalue weighted by Crippen LogP contribution is 2.44. The third-order valence-electron chi connectivity index (χ3n) is 6.39. The molecule has 0 radical (unpaired) electrons. The average Bonchev–Trinajstić information content (AvgIpc) is 2.83. The second-order valence-electron chi connectivity index (χ2n) is 8.47. The van der Waals surface area contributed by atoms with Gasteiger partial charge in [-0.15, -0.1) is 0 Å². The number of likely N-dealkylation sites (tertiary alicyclic amines) is 2. The van der Waals surface area contributed by atoms with Crippen molar-refractivity contribution in [1.82, 2.24) is 9.80 Å². The van der Waals surface area contributed by atoms with E-state index in [1.165, 1.54) is 0 Å². The van der Waals surface area contributed by atoms with Crippen LogP contribution in [-0.4, -0.2) is 60.1 Å². The molecule has 2 aliphatic heterocycles. The van der Waals surface area contributed by atoms with Crippen LogP contribution in [0.5, 0.6) is 0 Å². The smallest absolute Gasteiger partial charge is 0.410 e. The molecular formula is C26H28N2O5. The van der Waals surface area contributed by atoms with Crippen molar-refractivity contribution in [3.63, 3.8) is 0 Å². The Morgan fingerprint density at radius 2 is 1.70 bits per heavy atom. The molecule has 2 fully saturated rings. The number of hydrogen-bond donors (Lipinski definition) is 0. The minimum absolute atomic E-state index is 0.139. The molecule has 0 N–H and O–H groups in total. The number of benzene rings is 2. The minimum atomic E-state index is -1.11. The largest absolute Gasteiger partial charge is 0.465 e. The molecule has 2 heterocycles. The first-order valence-corrected chi connectivity index (χ1v) is 11.2. The summed E-state index contributed by atoms with van der Waals surface area (Å²) in [7, 11) is 0. The number of rotatable bonds is 6. The normalized spacial score (nSPS) is 22.4. The summed E-state index contributed by atoms with van der Waals surface area (Å²) in [5, 5.41) is 0. The van der Waals surface area contributed by atoms with E-state index >= 15 is 0 Å².